The number of hydrogen-bond acceptors (Lipinski definition) is 4. The molecule has 0 spiro atoms. The molecule has 0 unspecified atom stereocenters. The molecule has 0 bridgehead atoms. The number of benzene rings is 3. The van der Waals surface area contributed by atoms with Gasteiger partial charge < -0.3 is 25.6 Å². The number of aromatic nitrogens is 1. The minimum Gasteiger partial charge on any atom is -0.478 e. The summed E-state index contributed by atoms with van der Waals surface area (Å²) < 4.78 is 36.3. The first kappa shape index (κ1) is 26.0. The van der Waals surface area contributed by atoms with Gasteiger partial charge in [-0.25, -0.2) is 13.6 Å². The standard InChI is InChI=1S/C27H23F2N3O3.C2H6/c1-2-27(13-35-14-27)25-24(15-3-8-19(26(33)34)21(29)9-15)20-11-22(31)16(12-30)10-23(20)32(25)18-6-4-17(28)5-7-18;1-2/h3-12,30H,2,13-14,31H2,1H3,(H,33,34);1-2H3. The van der Waals surface area contributed by atoms with Crippen molar-refractivity contribution >= 4 is 28.8 Å². The van der Waals surface area contributed by atoms with Crippen LogP contribution in [0.2, 0.25) is 0 Å². The Kier molecular flexibility index (Phi) is 7.14. The number of nitrogens with two attached hydrogens (primary N) is 1. The molecule has 1 aromatic heterocycles. The average Bonchev–Trinajstić information content (AvgIpc) is 3.18. The lowest BCUT2D eigenvalue weighted by Gasteiger charge is -2.42. The number of halogens is 2. The van der Waals surface area contributed by atoms with Crippen LogP contribution in [0.4, 0.5) is 14.5 Å². The van der Waals surface area contributed by atoms with Crippen molar-refractivity contribution in [2.75, 3.05) is 18.9 Å². The number of nitrogens with one attached hydrogen (secondary N) is 1. The van der Waals surface area contributed by atoms with E-state index in [0.29, 0.717) is 41.3 Å². The molecule has 2 heterocycles. The molecule has 3 aromatic carbocycles. The lowest BCUT2D eigenvalue weighted by molar-refractivity contribution is -0.0644. The first-order chi connectivity index (χ1) is 17.8. The van der Waals surface area contributed by atoms with Gasteiger partial charge in [0.05, 0.1) is 29.7 Å². The van der Waals surface area contributed by atoms with Crippen molar-refractivity contribution in [2.24, 2.45) is 0 Å². The van der Waals surface area contributed by atoms with Gasteiger partial charge in [0.1, 0.15) is 11.6 Å². The summed E-state index contributed by atoms with van der Waals surface area (Å²) in [4.78, 5) is 11.4. The molecule has 8 heteroatoms. The SMILES string of the molecule is CC.CCC1(c2c(-c3ccc(C(=O)O)c(F)c3)c3cc(N)c(C=N)cc3n2-c2ccc(F)cc2)COC1. The molecule has 0 saturated carbocycles. The fraction of sp³-hybridized carbons (Fsp3) is 0.241. The van der Waals surface area contributed by atoms with Crippen LogP contribution in [0.1, 0.15) is 48.8 Å². The second-order valence-corrected chi connectivity index (χ2v) is 8.80. The molecule has 5 rings (SSSR count). The number of anilines is 1. The summed E-state index contributed by atoms with van der Waals surface area (Å²) in [7, 11) is 0. The van der Waals surface area contributed by atoms with Gasteiger partial charge in [-0.05, 0) is 60.5 Å². The maximum Gasteiger partial charge on any atom is 0.338 e. The van der Waals surface area contributed by atoms with Gasteiger partial charge in [-0.15, -0.1) is 0 Å². The zero-order valence-electron chi connectivity index (χ0n) is 20.9. The summed E-state index contributed by atoms with van der Waals surface area (Å²) >= 11 is 0. The van der Waals surface area contributed by atoms with Crippen molar-refractivity contribution in [3.63, 3.8) is 0 Å². The molecule has 1 saturated heterocycles. The molecule has 0 aliphatic carbocycles. The van der Waals surface area contributed by atoms with Gasteiger partial charge in [-0.3, -0.25) is 0 Å². The van der Waals surface area contributed by atoms with Crippen molar-refractivity contribution < 1.29 is 23.4 Å². The summed E-state index contributed by atoms with van der Waals surface area (Å²) in [5.74, 6) is -2.57. The molecule has 192 valence electrons. The van der Waals surface area contributed by atoms with Crippen LogP contribution in [0.5, 0.6) is 0 Å². The van der Waals surface area contributed by atoms with Crippen molar-refractivity contribution in [2.45, 2.75) is 32.6 Å². The summed E-state index contributed by atoms with van der Waals surface area (Å²) in [6.07, 6.45) is 1.89. The van der Waals surface area contributed by atoms with Crippen LogP contribution < -0.4 is 5.73 Å². The van der Waals surface area contributed by atoms with Crippen LogP contribution >= 0.6 is 0 Å². The zero-order valence-corrected chi connectivity index (χ0v) is 20.9. The molecular weight excluding hydrogens is 476 g/mol. The van der Waals surface area contributed by atoms with E-state index in [1.54, 1.807) is 30.3 Å². The van der Waals surface area contributed by atoms with Crippen molar-refractivity contribution in [3.05, 3.63) is 83.1 Å². The van der Waals surface area contributed by atoms with E-state index in [-0.39, 0.29) is 5.82 Å². The van der Waals surface area contributed by atoms with Crippen molar-refractivity contribution in [1.29, 1.82) is 5.41 Å². The predicted molar refractivity (Wildman–Crippen MR) is 142 cm³/mol. The van der Waals surface area contributed by atoms with Gasteiger partial charge in [0.25, 0.3) is 0 Å². The highest BCUT2D eigenvalue weighted by molar-refractivity contribution is 6.05. The lowest BCUT2D eigenvalue weighted by atomic mass is 9.76. The number of aromatic carboxylic acids is 1. The highest BCUT2D eigenvalue weighted by Gasteiger charge is 2.44. The van der Waals surface area contributed by atoms with E-state index in [9.17, 15) is 18.7 Å². The molecule has 1 aliphatic rings. The molecule has 0 radical (unpaired) electrons. The first-order valence-electron chi connectivity index (χ1n) is 12.2. The van der Waals surface area contributed by atoms with Crippen LogP contribution in [-0.4, -0.2) is 35.1 Å². The number of ether oxygens (including phenoxy) is 1. The first-order valence-corrected chi connectivity index (χ1v) is 12.2. The van der Waals surface area contributed by atoms with E-state index < -0.39 is 22.8 Å². The number of carbonyl (C=O) groups is 1. The number of carboxylic acids is 1. The Balaban J connectivity index is 0.00000156. The smallest absolute Gasteiger partial charge is 0.338 e. The molecule has 4 aromatic rings. The Bertz CT molecular complexity index is 1480. The molecule has 37 heavy (non-hydrogen) atoms. The molecule has 0 amide bonds. The van der Waals surface area contributed by atoms with Gasteiger partial charge in [0, 0.05) is 39.8 Å². The van der Waals surface area contributed by atoms with E-state index in [2.05, 4.69) is 0 Å². The molecule has 0 atom stereocenters. The topological polar surface area (TPSA) is 101 Å². The number of carboxylic acid groups (broad SMARTS) is 1. The average molecular weight is 506 g/mol. The van der Waals surface area contributed by atoms with Crippen LogP contribution in [0.25, 0.3) is 27.7 Å². The largest absolute Gasteiger partial charge is 0.478 e. The molecular formula is C29H29F2N3O3. The Morgan fingerprint density at radius 3 is 2.32 bits per heavy atom. The van der Waals surface area contributed by atoms with Gasteiger partial charge >= 0.3 is 5.97 Å². The normalized spacial score (nSPS) is 14.0. The number of nitrogens with zero attached hydrogens (tertiary/aromatic N) is 1. The summed E-state index contributed by atoms with van der Waals surface area (Å²) in [5, 5.41) is 17.8. The second kappa shape index (κ2) is 10.1. The minimum atomic E-state index is -1.35. The third-order valence-corrected chi connectivity index (χ3v) is 6.84. The van der Waals surface area contributed by atoms with Crippen LogP contribution in [-0.2, 0) is 10.2 Å². The Labute approximate surface area is 213 Å². The Morgan fingerprint density at radius 1 is 1.14 bits per heavy atom. The van der Waals surface area contributed by atoms with Gasteiger partial charge in [-0.2, -0.15) is 0 Å². The summed E-state index contributed by atoms with van der Waals surface area (Å²) in [6.45, 7) is 6.93. The number of nitrogen functional groups attached to an aromatic ring is 1. The molecule has 6 nitrogen and oxygen atoms in total. The predicted octanol–water partition coefficient (Wildman–Crippen LogP) is 6.56. The van der Waals surface area contributed by atoms with E-state index in [0.717, 1.165) is 23.0 Å². The molecule has 4 N–H and O–H groups in total. The van der Waals surface area contributed by atoms with Gasteiger partial charge in [-0.1, -0.05) is 26.8 Å². The fourth-order valence-electron chi connectivity index (χ4n) is 4.84. The Hall–Kier alpha value is -4.04. The number of rotatable bonds is 6. The fourth-order valence-corrected chi connectivity index (χ4v) is 4.84. The highest BCUT2D eigenvalue weighted by Crippen LogP contribution is 2.48. The maximum atomic E-state index is 14.9. The summed E-state index contributed by atoms with van der Waals surface area (Å²) in [5.41, 5.74) is 9.78. The molecule has 1 aliphatic heterocycles. The van der Waals surface area contributed by atoms with Crippen LogP contribution in [0, 0.1) is 17.0 Å². The van der Waals surface area contributed by atoms with Crippen molar-refractivity contribution in [1.82, 2.24) is 4.57 Å². The number of hydrogen-bond donors (Lipinski definition) is 3. The van der Waals surface area contributed by atoms with E-state index in [4.69, 9.17) is 15.9 Å². The minimum absolute atomic E-state index is 0.375. The van der Waals surface area contributed by atoms with Gasteiger partial charge in [0.2, 0.25) is 0 Å². The third kappa shape index (κ3) is 4.27. The zero-order chi connectivity index (χ0) is 26.9. The Morgan fingerprint density at radius 2 is 1.81 bits per heavy atom. The maximum absolute atomic E-state index is 14.9. The van der Waals surface area contributed by atoms with Gasteiger partial charge in [0.15, 0.2) is 0 Å². The summed E-state index contributed by atoms with van der Waals surface area (Å²) in [6, 6.07) is 13.7. The van der Waals surface area contributed by atoms with E-state index in [1.165, 1.54) is 30.5 Å². The van der Waals surface area contributed by atoms with Crippen LogP contribution in [0.15, 0.2) is 54.6 Å². The van der Waals surface area contributed by atoms with Crippen molar-refractivity contribution in [3.8, 4) is 16.8 Å². The number of fused-ring (bicyclic) bond motifs is 1. The van der Waals surface area contributed by atoms with E-state index in [1.807, 2.05) is 25.3 Å². The van der Waals surface area contributed by atoms with Crippen LogP contribution in [0.3, 0.4) is 0 Å². The monoisotopic (exact) mass is 505 g/mol. The third-order valence-electron chi connectivity index (χ3n) is 6.84. The lowest BCUT2D eigenvalue weighted by Crippen LogP contribution is -2.47. The van der Waals surface area contributed by atoms with E-state index >= 15 is 0 Å². The highest BCUT2D eigenvalue weighted by atomic mass is 19.1. The second-order valence-electron chi connectivity index (χ2n) is 8.80. The quantitative estimate of drug-likeness (QED) is 0.204. The molecule has 1 fully saturated rings.